The first-order valence-electron chi connectivity index (χ1n) is 11.3. The van der Waals surface area contributed by atoms with Gasteiger partial charge in [0.2, 0.25) is 11.6 Å². The van der Waals surface area contributed by atoms with Crippen LogP contribution in [0.2, 0.25) is 0 Å². The second-order valence-corrected chi connectivity index (χ2v) is 7.93. The number of esters is 1. The summed E-state index contributed by atoms with van der Waals surface area (Å²) in [5.74, 6) is -6.30. The van der Waals surface area contributed by atoms with Crippen LogP contribution in [0.5, 0.6) is 11.5 Å². The number of ether oxygens (including phenoxy) is 2. The molecule has 0 amide bonds. The molecule has 0 heterocycles. The highest BCUT2D eigenvalue weighted by Gasteiger charge is 2.20. The molecule has 0 aliphatic rings. The molecule has 0 bridgehead atoms. The molecule has 0 N–H and O–H groups in total. The SMILES string of the molecule is CCOc1ccc(-c2ccc(C(=O)Oc3ccc(-c4ccc(CC)cc4)c(F)c3F)cc2)c(F)c1F. The lowest BCUT2D eigenvalue weighted by molar-refractivity contribution is 0.0727. The molecule has 0 saturated carbocycles. The highest BCUT2D eigenvalue weighted by molar-refractivity contribution is 5.91. The monoisotopic (exact) mass is 494 g/mol. The van der Waals surface area contributed by atoms with Crippen LogP contribution in [0, 0.1) is 23.3 Å². The van der Waals surface area contributed by atoms with Crippen LogP contribution in [0.4, 0.5) is 17.6 Å². The third-order valence-corrected chi connectivity index (χ3v) is 5.70. The van der Waals surface area contributed by atoms with E-state index in [9.17, 15) is 22.4 Å². The van der Waals surface area contributed by atoms with E-state index in [1.165, 1.54) is 48.5 Å². The number of carbonyl (C=O) groups excluding carboxylic acids is 1. The molecule has 184 valence electrons. The number of rotatable bonds is 7. The van der Waals surface area contributed by atoms with Crippen LogP contribution < -0.4 is 9.47 Å². The van der Waals surface area contributed by atoms with Crippen LogP contribution in [-0.4, -0.2) is 12.6 Å². The average molecular weight is 494 g/mol. The number of benzene rings is 4. The number of aryl methyl sites for hydroxylation is 1. The van der Waals surface area contributed by atoms with Gasteiger partial charge in [-0.1, -0.05) is 43.3 Å². The number of hydrogen-bond donors (Lipinski definition) is 0. The lowest BCUT2D eigenvalue weighted by Gasteiger charge is -2.11. The van der Waals surface area contributed by atoms with Gasteiger partial charge < -0.3 is 9.47 Å². The highest BCUT2D eigenvalue weighted by Crippen LogP contribution is 2.32. The Bertz CT molecular complexity index is 1400. The van der Waals surface area contributed by atoms with Crippen molar-refractivity contribution in [3.63, 3.8) is 0 Å². The molecular formula is C29H22F4O3. The molecule has 0 aliphatic heterocycles. The molecule has 0 radical (unpaired) electrons. The average Bonchev–Trinajstić information content (AvgIpc) is 2.90. The summed E-state index contributed by atoms with van der Waals surface area (Å²) in [6.45, 7) is 3.83. The van der Waals surface area contributed by atoms with Crippen molar-refractivity contribution in [3.8, 4) is 33.8 Å². The van der Waals surface area contributed by atoms with E-state index < -0.39 is 35.0 Å². The predicted octanol–water partition coefficient (Wildman–Crippen LogP) is 7.76. The predicted molar refractivity (Wildman–Crippen MR) is 129 cm³/mol. The van der Waals surface area contributed by atoms with E-state index in [2.05, 4.69) is 0 Å². The molecule has 0 aromatic heterocycles. The Morgan fingerprint density at radius 3 is 1.67 bits per heavy atom. The smallest absolute Gasteiger partial charge is 0.343 e. The standard InChI is InChI=1S/C29H22F4O3/c1-3-17-5-7-18(8-6-17)22-14-16-24(28(33)26(22)31)36-29(34)20-11-9-19(10-12-20)21-13-15-23(35-4-2)27(32)25(21)30/h5-16H,3-4H2,1-2H3. The zero-order valence-corrected chi connectivity index (χ0v) is 19.6. The van der Waals surface area contributed by atoms with E-state index in [1.54, 1.807) is 19.1 Å². The van der Waals surface area contributed by atoms with Crippen molar-refractivity contribution in [2.75, 3.05) is 6.61 Å². The van der Waals surface area contributed by atoms with Crippen molar-refractivity contribution in [1.82, 2.24) is 0 Å². The summed E-state index contributed by atoms with van der Waals surface area (Å²) in [4.78, 5) is 12.5. The molecule has 4 rings (SSSR count). The van der Waals surface area contributed by atoms with E-state index in [4.69, 9.17) is 9.47 Å². The van der Waals surface area contributed by atoms with E-state index >= 15 is 0 Å². The van der Waals surface area contributed by atoms with Gasteiger partial charge in [-0.15, -0.1) is 0 Å². The first-order chi connectivity index (χ1) is 17.3. The lowest BCUT2D eigenvalue weighted by atomic mass is 10.0. The number of halogens is 4. The van der Waals surface area contributed by atoms with Crippen molar-refractivity contribution in [1.29, 1.82) is 0 Å². The third kappa shape index (κ3) is 4.96. The van der Waals surface area contributed by atoms with E-state index in [0.29, 0.717) is 11.1 Å². The van der Waals surface area contributed by atoms with Crippen LogP contribution in [0.3, 0.4) is 0 Å². The van der Waals surface area contributed by atoms with Gasteiger partial charge >= 0.3 is 5.97 Å². The van der Waals surface area contributed by atoms with E-state index in [-0.39, 0.29) is 29.0 Å². The normalized spacial score (nSPS) is 10.8. The van der Waals surface area contributed by atoms with Gasteiger partial charge in [-0.25, -0.2) is 13.6 Å². The maximum atomic E-state index is 14.7. The van der Waals surface area contributed by atoms with Crippen molar-refractivity contribution in [2.45, 2.75) is 20.3 Å². The summed E-state index contributed by atoms with van der Waals surface area (Å²) >= 11 is 0. The Kier molecular flexibility index (Phi) is 7.38. The Labute approximate surface area is 205 Å². The van der Waals surface area contributed by atoms with Crippen LogP contribution in [0.25, 0.3) is 22.3 Å². The molecule has 0 unspecified atom stereocenters. The Hall–Kier alpha value is -4.13. The quantitative estimate of drug-likeness (QED) is 0.150. The van der Waals surface area contributed by atoms with Crippen LogP contribution in [0.15, 0.2) is 72.8 Å². The molecule has 0 aliphatic carbocycles. The fraction of sp³-hybridized carbons (Fsp3) is 0.138. The maximum Gasteiger partial charge on any atom is 0.343 e. The number of carbonyl (C=O) groups is 1. The van der Waals surface area contributed by atoms with Gasteiger partial charge in [0.05, 0.1) is 12.2 Å². The van der Waals surface area contributed by atoms with Crippen molar-refractivity contribution >= 4 is 5.97 Å². The van der Waals surface area contributed by atoms with Crippen molar-refractivity contribution < 1.29 is 31.8 Å². The zero-order valence-electron chi connectivity index (χ0n) is 19.6. The summed E-state index contributed by atoms with van der Waals surface area (Å²) in [6, 6.07) is 17.7. The molecule has 0 spiro atoms. The first kappa shape index (κ1) is 25.0. The minimum Gasteiger partial charge on any atom is -0.491 e. The summed E-state index contributed by atoms with van der Waals surface area (Å²) in [5.41, 5.74) is 1.91. The Balaban J connectivity index is 1.53. The Morgan fingerprint density at radius 1 is 0.639 bits per heavy atom. The van der Waals surface area contributed by atoms with Gasteiger partial charge in [0.1, 0.15) is 0 Å². The maximum absolute atomic E-state index is 14.7. The number of hydrogen-bond acceptors (Lipinski definition) is 3. The fourth-order valence-electron chi connectivity index (χ4n) is 3.72. The molecule has 4 aromatic rings. The van der Waals surface area contributed by atoms with Crippen molar-refractivity contribution in [3.05, 3.63) is 107 Å². The minimum atomic E-state index is -1.29. The van der Waals surface area contributed by atoms with E-state index in [0.717, 1.165) is 12.0 Å². The molecule has 36 heavy (non-hydrogen) atoms. The third-order valence-electron chi connectivity index (χ3n) is 5.70. The van der Waals surface area contributed by atoms with Gasteiger partial charge in [-0.05, 0) is 66.4 Å². The topological polar surface area (TPSA) is 35.5 Å². The molecule has 0 atom stereocenters. The fourth-order valence-corrected chi connectivity index (χ4v) is 3.72. The highest BCUT2D eigenvalue weighted by atomic mass is 19.2. The van der Waals surface area contributed by atoms with Gasteiger partial charge in [0, 0.05) is 11.1 Å². The molecule has 0 saturated heterocycles. The largest absolute Gasteiger partial charge is 0.491 e. The van der Waals surface area contributed by atoms with Gasteiger partial charge in [-0.2, -0.15) is 8.78 Å². The lowest BCUT2D eigenvalue weighted by Crippen LogP contribution is -2.10. The molecule has 4 aromatic carbocycles. The second-order valence-electron chi connectivity index (χ2n) is 7.93. The first-order valence-corrected chi connectivity index (χ1v) is 11.3. The summed E-state index contributed by atoms with van der Waals surface area (Å²) in [6.07, 6.45) is 0.818. The van der Waals surface area contributed by atoms with Crippen LogP contribution >= 0.6 is 0 Å². The summed E-state index contributed by atoms with van der Waals surface area (Å²) < 4.78 is 68.2. The molecule has 0 fully saturated rings. The zero-order chi connectivity index (χ0) is 25.8. The van der Waals surface area contributed by atoms with E-state index in [1.807, 2.05) is 19.1 Å². The minimum absolute atomic E-state index is 0.0182. The molecule has 3 nitrogen and oxygen atoms in total. The van der Waals surface area contributed by atoms with Gasteiger partial charge in [0.15, 0.2) is 23.1 Å². The van der Waals surface area contributed by atoms with Crippen LogP contribution in [0.1, 0.15) is 29.8 Å². The summed E-state index contributed by atoms with van der Waals surface area (Å²) in [5, 5.41) is 0. The van der Waals surface area contributed by atoms with Gasteiger partial charge in [0.25, 0.3) is 0 Å². The molecule has 7 heteroatoms. The van der Waals surface area contributed by atoms with Crippen LogP contribution in [-0.2, 0) is 6.42 Å². The summed E-state index contributed by atoms with van der Waals surface area (Å²) in [7, 11) is 0. The Morgan fingerprint density at radius 2 is 1.14 bits per heavy atom. The second kappa shape index (κ2) is 10.6. The molecular weight excluding hydrogens is 472 g/mol. The van der Waals surface area contributed by atoms with Crippen molar-refractivity contribution in [2.24, 2.45) is 0 Å². The van der Waals surface area contributed by atoms with Gasteiger partial charge in [-0.3, -0.25) is 0 Å².